The van der Waals surface area contributed by atoms with Crippen LogP contribution in [0.1, 0.15) is 55.7 Å². The monoisotopic (exact) mass is 246 g/mol. The van der Waals surface area contributed by atoms with Crippen molar-refractivity contribution in [1.82, 2.24) is 4.90 Å². The molecule has 0 aliphatic heterocycles. The minimum Gasteiger partial charge on any atom is -0.329 e. The molecule has 0 radical (unpaired) electrons. The summed E-state index contributed by atoms with van der Waals surface area (Å²) in [5.41, 5.74) is 8.88. The molecule has 1 aromatic carbocycles. The van der Waals surface area contributed by atoms with Crippen LogP contribution in [0.2, 0.25) is 0 Å². The first kappa shape index (κ1) is 13.6. The summed E-state index contributed by atoms with van der Waals surface area (Å²) in [4.78, 5) is 2.40. The fourth-order valence-corrected chi connectivity index (χ4v) is 2.57. The maximum atomic E-state index is 5.98. The van der Waals surface area contributed by atoms with Gasteiger partial charge >= 0.3 is 0 Å². The number of likely N-dealkylation sites (N-methyl/N-ethyl adjacent to an activating group) is 1. The Bertz CT molecular complexity index is 371. The topological polar surface area (TPSA) is 29.3 Å². The molecule has 2 N–H and O–H groups in total. The largest absolute Gasteiger partial charge is 0.329 e. The molecule has 1 saturated carbocycles. The third kappa shape index (κ3) is 3.33. The second kappa shape index (κ2) is 6.35. The van der Waals surface area contributed by atoms with Crippen LogP contribution in [0.4, 0.5) is 0 Å². The van der Waals surface area contributed by atoms with Gasteiger partial charge in [0.05, 0.1) is 0 Å². The molecule has 2 nitrogen and oxygen atoms in total. The number of unbranched alkanes of at least 4 members (excludes halogenated alkanes) is 1. The van der Waals surface area contributed by atoms with Crippen molar-refractivity contribution in [2.45, 2.75) is 44.6 Å². The van der Waals surface area contributed by atoms with Gasteiger partial charge < -0.3 is 5.73 Å². The van der Waals surface area contributed by atoms with E-state index in [1.165, 1.54) is 36.8 Å². The van der Waals surface area contributed by atoms with E-state index in [2.05, 4.69) is 43.1 Å². The zero-order valence-corrected chi connectivity index (χ0v) is 11.7. The highest BCUT2D eigenvalue weighted by Crippen LogP contribution is 2.40. The van der Waals surface area contributed by atoms with Crippen molar-refractivity contribution < 1.29 is 0 Å². The number of benzene rings is 1. The predicted octanol–water partition coefficient (Wildman–Crippen LogP) is 3.30. The number of hydrogen-bond acceptors (Lipinski definition) is 2. The van der Waals surface area contributed by atoms with Crippen LogP contribution in [-0.4, -0.2) is 25.0 Å². The van der Waals surface area contributed by atoms with Gasteiger partial charge in [-0.15, -0.1) is 0 Å². The van der Waals surface area contributed by atoms with Crippen LogP contribution < -0.4 is 5.73 Å². The molecule has 0 amide bonds. The molecule has 0 heterocycles. The Kier molecular flexibility index (Phi) is 4.79. The van der Waals surface area contributed by atoms with Gasteiger partial charge in [-0.2, -0.15) is 0 Å². The normalized spacial score (nSPS) is 17.1. The van der Waals surface area contributed by atoms with Crippen LogP contribution in [0.3, 0.4) is 0 Å². The maximum absolute atomic E-state index is 5.98. The lowest BCUT2D eigenvalue weighted by Crippen LogP contribution is -2.31. The second-order valence-electron chi connectivity index (χ2n) is 5.53. The van der Waals surface area contributed by atoms with Gasteiger partial charge in [0.2, 0.25) is 0 Å². The Labute approximate surface area is 111 Å². The molecule has 1 fully saturated rings. The highest BCUT2D eigenvalue weighted by Gasteiger charge is 2.24. The van der Waals surface area contributed by atoms with Crippen LogP contribution >= 0.6 is 0 Å². The average molecular weight is 246 g/mol. The van der Waals surface area contributed by atoms with Gasteiger partial charge in [0.25, 0.3) is 0 Å². The van der Waals surface area contributed by atoms with Crippen molar-refractivity contribution in [2.24, 2.45) is 5.73 Å². The number of nitrogens with two attached hydrogens (primary N) is 1. The van der Waals surface area contributed by atoms with Crippen LogP contribution in [0, 0.1) is 0 Å². The lowest BCUT2D eigenvalue weighted by atomic mass is 10.0. The fourth-order valence-electron chi connectivity index (χ4n) is 2.57. The lowest BCUT2D eigenvalue weighted by molar-refractivity contribution is 0.246. The molecule has 0 bridgehead atoms. The summed E-state index contributed by atoms with van der Waals surface area (Å²) < 4.78 is 0. The van der Waals surface area contributed by atoms with E-state index in [-0.39, 0.29) is 0 Å². The van der Waals surface area contributed by atoms with Gasteiger partial charge in [0.15, 0.2) is 0 Å². The minimum atomic E-state index is 0.371. The zero-order valence-electron chi connectivity index (χ0n) is 11.7. The summed E-state index contributed by atoms with van der Waals surface area (Å²) in [6.07, 6.45) is 5.21. The van der Waals surface area contributed by atoms with E-state index in [0.29, 0.717) is 12.6 Å². The van der Waals surface area contributed by atoms with Crippen molar-refractivity contribution in [3.63, 3.8) is 0 Å². The Morgan fingerprint density at radius 1 is 1.39 bits per heavy atom. The molecule has 0 saturated heterocycles. The molecule has 100 valence electrons. The van der Waals surface area contributed by atoms with Gasteiger partial charge in [-0.05, 0) is 49.9 Å². The first-order valence-electron chi connectivity index (χ1n) is 7.26. The Morgan fingerprint density at radius 2 is 2.17 bits per heavy atom. The Hall–Kier alpha value is -0.860. The molecule has 0 aromatic heterocycles. The third-order valence-corrected chi connectivity index (χ3v) is 3.96. The summed E-state index contributed by atoms with van der Waals surface area (Å²) in [5.74, 6) is 0.823. The first-order chi connectivity index (χ1) is 8.76. The summed E-state index contributed by atoms with van der Waals surface area (Å²) in [5, 5.41) is 0. The Balaban J connectivity index is 2.08. The smallest absolute Gasteiger partial charge is 0.0467 e. The van der Waals surface area contributed by atoms with E-state index >= 15 is 0 Å². The maximum Gasteiger partial charge on any atom is 0.0467 e. The zero-order chi connectivity index (χ0) is 13.0. The standard InChI is InChI=1S/C16H26N2/c1-3-4-10-18(2)16(12-17)15-7-5-6-14(11-15)13-8-9-13/h5-7,11,13,16H,3-4,8-10,12,17H2,1-2H3. The van der Waals surface area contributed by atoms with Gasteiger partial charge in [-0.1, -0.05) is 37.6 Å². The molecule has 2 rings (SSSR count). The van der Waals surface area contributed by atoms with E-state index in [0.717, 1.165) is 12.5 Å². The molecule has 1 aliphatic carbocycles. The lowest BCUT2D eigenvalue weighted by Gasteiger charge is -2.27. The highest BCUT2D eigenvalue weighted by atomic mass is 15.1. The quantitative estimate of drug-likeness (QED) is 0.800. The van der Waals surface area contributed by atoms with Crippen LogP contribution in [0.5, 0.6) is 0 Å². The van der Waals surface area contributed by atoms with E-state index < -0.39 is 0 Å². The third-order valence-electron chi connectivity index (χ3n) is 3.96. The van der Waals surface area contributed by atoms with Crippen molar-refractivity contribution in [3.05, 3.63) is 35.4 Å². The SMILES string of the molecule is CCCCN(C)C(CN)c1cccc(C2CC2)c1. The number of hydrogen-bond donors (Lipinski definition) is 1. The fraction of sp³-hybridized carbons (Fsp3) is 0.625. The second-order valence-corrected chi connectivity index (χ2v) is 5.53. The molecular weight excluding hydrogens is 220 g/mol. The predicted molar refractivity (Wildman–Crippen MR) is 77.8 cm³/mol. The summed E-state index contributed by atoms with van der Waals surface area (Å²) in [6.45, 7) is 4.07. The van der Waals surface area contributed by atoms with Gasteiger partial charge in [0.1, 0.15) is 0 Å². The van der Waals surface area contributed by atoms with Gasteiger partial charge in [-0.3, -0.25) is 4.90 Å². The summed E-state index contributed by atoms with van der Waals surface area (Å²) in [7, 11) is 2.19. The van der Waals surface area contributed by atoms with Crippen molar-refractivity contribution in [1.29, 1.82) is 0 Å². The molecule has 1 aliphatic rings. The molecule has 0 spiro atoms. The number of nitrogens with zero attached hydrogens (tertiary/aromatic N) is 1. The Morgan fingerprint density at radius 3 is 2.78 bits per heavy atom. The molecule has 1 aromatic rings. The van der Waals surface area contributed by atoms with Gasteiger partial charge in [0, 0.05) is 12.6 Å². The van der Waals surface area contributed by atoms with Crippen molar-refractivity contribution >= 4 is 0 Å². The summed E-state index contributed by atoms with van der Waals surface area (Å²) >= 11 is 0. The van der Waals surface area contributed by atoms with Crippen LogP contribution in [-0.2, 0) is 0 Å². The van der Waals surface area contributed by atoms with E-state index in [1.54, 1.807) is 0 Å². The molecule has 18 heavy (non-hydrogen) atoms. The number of rotatable bonds is 7. The van der Waals surface area contributed by atoms with Crippen molar-refractivity contribution in [3.8, 4) is 0 Å². The van der Waals surface area contributed by atoms with Gasteiger partial charge in [-0.25, -0.2) is 0 Å². The van der Waals surface area contributed by atoms with Crippen molar-refractivity contribution in [2.75, 3.05) is 20.1 Å². The molecule has 2 heteroatoms. The van der Waals surface area contributed by atoms with E-state index in [9.17, 15) is 0 Å². The first-order valence-corrected chi connectivity index (χ1v) is 7.26. The van der Waals surface area contributed by atoms with E-state index in [4.69, 9.17) is 5.73 Å². The molecule has 1 atom stereocenters. The van der Waals surface area contributed by atoms with E-state index in [1.807, 2.05) is 0 Å². The molecule has 1 unspecified atom stereocenters. The summed E-state index contributed by atoms with van der Waals surface area (Å²) in [6, 6.07) is 9.43. The highest BCUT2D eigenvalue weighted by molar-refractivity contribution is 5.31. The minimum absolute atomic E-state index is 0.371. The average Bonchev–Trinajstić information content (AvgIpc) is 3.22. The van der Waals surface area contributed by atoms with Crippen LogP contribution in [0.15, 0.2) is 24.3 Å². The molecular formula is C16H26N2. The van der Waals surface area contributed by atoms with Crippen LogP contribution in [0.25, 0.3) is 0 Å².